The summed E-state index contributed by atoms with van der Waals surface area (Å²) in [6.45, 7) is 1.34. The molecule has 7 heteroatoms. The van der Waals surface area contributed by atoms with Gasteiger partial charge in [-0.1, -0.05) is 12.1 Å². The quantitative estimate of drug-likeness (QED) is 0.842. The molecule has 136 valence electrons. The topological polar surface area (TPSA) is 40.6 Å². The average molecular weight is 362 g/mol. The lowest BCUT2D eigenvalue weighted by Gasteiger charge is -2.35. The highest BCUT2D eigenvalue weighted by Crippen LogP contribution is 2.14. The third kappa shape index (κ3) is 4.04. The van der Waals surface area contributed by atoms with Crippen molar-refractivity contribution < 1.29 is 22.8 Å². The van der Waals surface area contributed by atoms with Crippen LogP contribution in [0.25, 0.3) is 0 Å². The van der Waals surface area contributed by atoms with Gasteiger partial charge in [-0.05, 0) is 35.9 Å². The fourth-order valence-electron chi connectivity index (χ4n) is 2.86. The molecule has 1 heterocycles. The van der Waals surface area contributed by atoms with Gasteiger partial charge in [0.15, 0.2) is 11.6 Å². The van der Waals surface area contributed by atoms with E-state index < -0.39 is 17.5 Å². The van der Waals surface area contributed by atoms with Crippen molar-refractivity contribution >= 4 is 11.8 Å². The van der Waals surface area contributed by atoms with Crippen molar-refractivity contribution in [3.8, 4) is 0 Å². The third-order valence-electron chi connectivity index (χ3n) is 4.35. The van der Waals surface area contributed by atoms with Gasteiger partial charge in [0, 0.05) is 31.7 Å². The highest BCUT2D eigenvalue weighted by Gasteiger charge is 2.25. The largest absolute Gasteiger partial charge is 0.339 e. The molecule has 0 saturated carbocycles. The van der Waals surface area contributed by atoms with E-state index >= 15 is 0 Å². The number of hydrogen-bond acceptors (Lipinski definition) is 2. The molecule has 0 radical (unpaired) electrons. The van der Waals surface area contributed by atoms with Gasteiger partial charge in [0.2, 0.25) is 5.91 Å². The van der Waals surface area contributed by atoms with Crippen LogP contribution < -0.4 is 0 Å². The Kier molecular flexibility index (Phi) is 5.25. The van der Waals surface area contributed by atoms with Gasteiger partial charge in [-0.3, -0.25) is 9.59 Å². The summed E-state index contributed by atoms with van der Waals surface area (Å²) in [5.41, 5.74) is 0.798. The highest BCUT2D eigenvalue weighted by atomic mass is 19.2. The first-order valence-electron chi connectivity index (χ1n) is 8.20. The number of nitrogens with zero attached hydrogens (tertiary/aromatic N) is 2. The molecule has 0 atom stereocenters. The molecule has 2 aromatic rings. The van der Waals surface area contributed by atoms with Gasteiger partial charge < -0.3 is 9.80 Å². The van der Waals surface area contributed by atoms with Crippen molar-refractivity contribution in [3.63, 3.8) is 0 Å². The number of carbonyl (C=O) groups excluding carboxylic acids is 2. The SMILES string of the molecule is O=C(Cc1ccc(F)cc1)N1CCN(C(=O)c2ccc(F)c(F)c2)CC1. The van der Waals surface area contributed by atoms with Gasteiger partial charge in [-0.15, -0.1) is 0 Å². The lowest BCUT2D eigenvalue weighted by molar-refractivity contribution is -0.131. The van der Waals surface area contributed by atoms with Crippen LogP contribution in [-0.4, -0.2) is 47.8 Å². The van der Waals surface area contributed by atoms with E-state index in [9.17, 15) is 22.8 Å². The second-order valence-electron chi connectivity index (χ2n) is 6.11. The van der Waals surface area contributed by atoms with Crippen molar-refractivity contribution in [2.75, 3.05) is 26.2 Å². The second kappa shape index (κ2) is 7.59. The minimum Gasteiger partial charge on any atom is -0.339 e. The van der Waals surface area contributed by atoms with E-state index in [1.807, 2.05) is 0 Å². The summed E-state index contributed by atoms with van der Waals surface area (Å²) >= 11 is 0. The van der Waals surface area contributed by atoms with E-state index in [1.165, 1.54) is 23.1 Å². The van der Waals surface area contributed by atoms with Crippen molar-refractivity contribution in [2.45, 2.75) is 6.42 Å². The molecule has 0 bridgehead atoms. The molecule has 4 nitrogen and oxygen atoms in total. The zero-order chi connectivity index (χ0) is 18.7. The molecule has 0 aromatic heterocycles. The van der Waals surface area contributed by atoms with Gasteiger partial charge in [0.25, 0.3) is 5.91 Å². The summed E-state index contributed by atoms with van der Waals surface area (Å²) in [6.07, 6.45) is 0.164. The van der Waals surface area contributed by atoms with Crippen LogP contribution >= 0.6 is 0 Å². The van der Waals surface area contributed by atoms with Crippen LogP contribution in [0.1, 0.15) is 15.9 Å². The molecule has 0 spiro atoms. The number of carbonyl (C=O) groups is 2. The van der Waals surface area contributed by atoms with Crippen molar-refractivity contribution in [1.29, 1.82) is 0 Å². The van der Waals surface area contributed by atoms with Gasteiger partial charge >= 0.3 is 0 Å². The summed E-state index contributed by atoms with van der Waals surface area (Å²) in [5.74, 6) is -2.92. The Morgan fingerprint density at radius 3 is 2.04 bits per heavy atom. The first-order chi connectivity index (χ1) is 12.4. The second-order valence-corrected chi connectivity index (χ2v) is 6.11. The number of benzene rings is 2. The van der Waals surface area contributed by atoms with Crippen LogP contribution in [0.2, 0.25) is 0 Å². The van der Waals surface area contributed by atoms with Gasteiger partial charge in [0.05, 0.1) is 6.42 Å². The van der Waals surface area contributed by atoms with Crippen LogP contribution in [0.3, 0.4) is 0 Å². The van der Waals surface area contributed by atoms with E-state index in [0.717, 1.165) is 17.7 Å². The Balaban J connectivity index is 1.56. The smallest absolute Gasteiger partial charge is 0.254 e. The number of hydrogen-bond donors (Lipinski definition) is 0. The number of halogens is 3. The van der Waals surface area contributed by atoms with E-state index in [-0.39, 0.29) is 23.7 Å². The minimum absolute atomic E-state index is 0.0787. The molecule has 2 amide bonds. The molecular formula is C19H17F3N2O2. The molecule has 2 aromatic carbocycles. The molecule has 0 N–H and O–H groups in total. The maximum absolute atomic E-state index is 13.3. The molecule has 26 heavy (non-hydrogen) atoms. The Hall–Kier alpha value is -2.83. The summed E-state index contributed by atoms with van der Waals surface area (Å²) in [7, 11) is 0. The van der Waals surface area contributed by atoms with Crippen LogP contribution in [0.15, 0.2) is 42.5 Å². The van der Waals surface area contributed by atoms with Gasteiger partial charge in [-0.2, -0.15) is 0 Å². The van der Waals surface area contributed by atoms with E-state index in [2.05, 4.69) is 0 Å². The third-order valence-corrected chi connectivity index (χ3v) is 4.35. The van der Waals surface area contributed by atoms with Gasteiger partial charge in [0.1, 0.15) is 5.82 Å². The lowest BCUT2D eigenvalue weighted by Crippen LogP contribution is -2.51. The summed E-state index contributed by atoms with van der Waals surface area (Å²) in [5, 5.41) is 0. The molecule has 1 aliphatic rings. The summed E-state index contributed by atoms with van der Waals surface area (Å²) in [6, 6.07) is 8.79. The monoisotopic (exact) mass is 362 g/mol. The first kappa shape index (κ1) is 18.0. The van der Waals surface area contributed by atoms with E-state index in [4.69, 9.17) is 0 Å². The fourth-order valence-corrected chi connectivity index (χ4v) is 2.86. The zero-order valence-electron chi connectivity index (χ0n) is 13.9. The molecular weight excluding hydrogens is 345 g/mol. The Morgan fingerprint density at radius 1 is 0.808 bits per heavy atom. The normalized spacial score (nSPS) is 14.4. The zero-order valence-corrected chi connectivity index (χ0v) is 13.9. The molecule has 0 aliphatic carbocycles. The van der Waals surface area contributed by atoms with Crippen molar-refractivity contribution in [1.82, 2.24) is 9.80 Å². The predicted octanol–water partition coefficient (Wildman–Crippen LogP) is 2.63. The minimum atomic E-state index is -1.07. The number of amides is 2. The Morgan fingerprint density at radius 2 is 1.42 bits per heavy atom. The van der Waals surface area contributed by atoms with Crippen LogP contribution in [0.5, 0.6) is 0 Å². The van der Waals surface area contributed by atoms with Gasteiger partial charge in [-0.25, -0.2) is 13.2 Å². The lowest BCUT2D eigenvalue weighted by atomic mass is 10.1. The van der Waals surface area contributed by atoms with Crippen molar-refractivity contribution in [3.05, 3.63) is 71.0 Å². The summed E-state index contributed by atoms with van der Waals surface area (Å²) in [4.78, 5) is 27.8. The van der Waals surface area contributed by atoms with E-state index in [0.29, 0.717) is 26.2 Å². The predicted molar refractivity (Wildman–Crippen MR) is 88.9 cm³/mol. The van der Waals surface area contributed by atoms with Crippen LogP contribution in [0, 0.1) is 17.5 Å². The number of rotatable bonds is 3. The average Bonchev–Trinajstić information content (AvgIpc) is 2.65. The Bertz CT molecular complexity index is 816. The first-order valence-corrected chi connectivity index (χ1v) is 8.20. The molecule has 1 aliphatic heterocycles. The maximum Gasteiger partial charge on any atom is 0.254 e. The standard InChI is InChI=1S/C19H17F3N2O2/c20-15-4-1-13(2-5-15)11-18(25)23-7-9-24(10-8-23)19(26)14-3-6-16(21)17(22)12-14/h1-6,12H,7-11H2. The number of piperazine rings is 1. The van der Waals surface area contributed by atoms with Crippen LogP contribution in [0.4, 0.5) is 13.2 Å². The Labute approximate surface area is 148 Å². The summed E-state index contributed by atoms with van der Waals surface area (Å²) < 4.78 is 39.2. The molecule has 3 rings (SSSR count). The van der Waals surface area contributed by atoms with E-state index in [1.54, 1.807) is 17.0 Å². The highest BCUT2D eigenvalue weighted by molar-refractivity contribution is 5.94. The molecule has 1 saturated heterocycles. The fraction of sp³-hybridized carbons (Fsp3) is 0.263. The maximum atomic E-state index is 13.3. The van der Waals surface area contributed by atoms with Crippen LogP contribution in [-0.2, 0) is 11.2 Å². The van der Waals surface area contributed by atoms with Crippen molar-refractivity contribution in [2.24, 2.45) is 0 Å². The molecule has 0 unspecified atom stereocenters. The molecule has 1 fully saturated rings.